The predicted octanol–water partition coefficient (Wildman–Crippen LogP) is 4.27. The van der Waals surface area contributed by atoms with Crippen molar-refractivity contribution in [1.29, 1.82) is 0 Å². The molecule has 0 saturated carbocycles. The van der Waals surface area contributed by atoms with Crippen LogP contribution >= 0.6 is 0 Å². The van der Waals surface area contributed by atoms with Gasteiger partial charge in [-0.05, 0) is 43.0 Å². The van der Waals surface area contributed by atoms with Gasteiger partial charge in [0, 0.05) is 36.5 Å². The van der Waals surface area contributed by atoms with Gasteiger partial charge in [-0.2, -0.15) is 0 Å². The molecule has 0 N–H and O–H groups in total. The molecular formula is C19H20FN3O3. The standard InChI is InChI=1S/C19H20FN3O3/c20-19-12-17(22-9-2-1-3-10-22)8-7-16(19)13-21-26-14-15-5-4-6-18(11-15)23(24)25/h4-8,11-13H,1-3,9-10,14H2/b21-13-. The Morgan fingerprint density at radius 2 is 2.00 bits per heavy atom. The van der Waals surface area contributed by atoms with Crippen LogP contribution in [0.5, 0.6) is 0 Å². The van der Waals surface area contributed by atoms with E-state index in [1.807, 2.05) is 6.07 Å². The van der Waals surface area contributed by atoms with E-state index in [1.165, 1.54) is 30.8 Å². The highest BCUT2D eigenvalue weighted by Crippen LogP contribution is 2.22. The Morgan fingerprint density at radius 1 is 1.19 bits per heavy atom. The first-order chi connectivity index (χ1) is 12.6. The smallest absolute Gasteiger partial charge is 0.269 e. The van der Waals surface area contributed by atoms with Crippen LogP contribution in [0.4, 0.5) is 15.8 Å². The molecule has 1 heterocycles. The molecule has 0 bridgehead atoms. The number of halogens is 1. The van der Waals surface area contributed by atoms with Crippen LogP contribution < -0.4 is 4.90 Å². The Balaban J connectivity index is 1.58. The second kappa shape index (κ2) is 8.42. The van der Waals surface area contributed by atoms with E-state index in [2.05, 4.69) is 10.1 Å². The number of nitro groups is 1. The summed E-state index contributed by atoms with van der Waals surface area (Å²) in [5.74, 6) is -0.351. The average molecular weight is 357 g/mol. The fourth-order valence-electron chi connectivity index (χ4n) is 2.94. The van der Waals surface area contributed by atoms with Gasteiger partial charge in [0.15, 0.2) is 0 Å². The van der Waals surface area contributed by atoms with Crippen LogP contribution in [0.15, 0.2) is 47.6 Å². The van der Waals surface area contributed by atoms with Gasteiger partial charge in [0.2, 0.25) is 0 Å². The second-order valence-corrected chi connectivity index (χ2v) is 6.19. The number of benzene rings is 2. The lowest BCUT2D eigenvalue weighted by Crippen LogP contribution is -2.29. The van der Waals surface area contributed by atoms with Gasteiger partial charge in [-0.25, -0.2) is 4.39 Å². The van der Waals surface area contributed by atoms with Crippen LogP contribution in [0.2, 0.25) is 0 Å². The largest absolute Gasteiger partial charge is 0.391 e. The first-order valence-electron chi connectivity index (χ1n) is 8.56. The summed E-state index contributed by atoms with van der Waals surface area (Å²) in [5.41, 5.74) is 1.84. The minimum absolute atomic E-state index is 0.00516. The minimum Gasteiger partial charge on any atom is -0.391 e. The fraction of sp³-hybridized carbons (Fsp3) is 0.316. The van der Waals surface area contributed by atoms with Gasteiger partial charge >= 0.3 is 0 Å². The SMILES string of the molecule is O=[N+]([O-])c1cccc(CO/N=C\c2ccc(N3CCCCC3)cc2F)c1. The number of nitrogens with zero attached hydrogens (tertiary/aromatic N) is 3. The van der Waals surface area contributed by atoms with Crippen molar-refractivity contribution in [1.82, 2.24) is 0 Å². The maximum atomic E-state index is 14.2. The quantitative estimate of drug-likeness (QED) is 0.440. The summed E-state index contributed by atoms with van der Waals surface area (Å²) in [5, 5.41) is 14.5. The van der Waals surface area contributed by atoms with Gasteiger partial charge in [0.05, 0.1) is 11.1 Å². The topological polar surface area (TPSA) is 68.0 Å². The second-order valence-electron chi connectivity index (χ2n) is 6.19. The molecule has 1 aliphatic heterocycles. The molecule has 0 atom stereocenters. The van der Waals surface area contributed by atoms with Crippen molar-refractivity contribution in [3.05, 3.63) is 69.5 Å². The number of non-ortho nitro benzene ring substituents is 1. The van der Waals surface area contributed by atoms with Gasteiger partial charge in [-0.1, -0.05) is 17.3 Å². The molecule has 1 saturated heterocycles. The molecule has 0 amide bonds. The van der Waals surface area contributed by atoms with Gasteiger partial charge < -0.3 is 9.74 Å². The number of oxime groups is 1. The van der Waals surface area contributed by atoms with Crippen LogP contribution in [0.25, 0.3) is 0 Å². The zero-order valence-electron chi connectivity index (χ0n) is 14.3. The van der Waals surface area contributed by atoms with E-state index >= 15 is 0 Å². The van der Waals surface area contributed by atoms with Crippen LogP contribution in [-0.2, 0) is 11.4 Å². The van der Waals surface area contributed by atoms with E-state index in [-0.39, 0.29) is 18.1 Å². The maximum absolute atomic E-state index is 14.2. The lowest BCUT2D eigenvalue weighted by atomic mass is 10.1. The van der Waals surface area contributed by atoms with E-state index in [1.54, 1.807) is 18.2 Å². The number of hydrogen-bond acceptors (Lipinski definition) is 5. The molecular weight excluding hydrogens is 337 g/mol. The first-order valence-corrected chi connectivity index (χ1v) is 8.56. The molecule has 6 nitrogen and oxygen atoms in total. The monoisotopic (exact) mass is 357 g/mol. The molecule has 2 aromatic rings. The average Bonchev–Trinajstić information content (AvgIpc) is 2.67. The number of nitro benzene ring substituents is 1. The predicted molar refractivity (Wildman–Crippen MR) is 97.9 cm³/mol. The van der Waals surface area contributed by atoms with Crippen LogP contribution in [0.1, 0.15) is 30.4 Å². The Morgan fingerprint density at radius 3 is 2.73 bits per heavy atom. The summed E-state index contributed by atoms with van der Waals surface area (Å²) < 4.78 is 14.2. The molecule has 0 aromatic heterocycles. The highest BCUT2D eigenvalue weighted by molar-refractivity contribution is 5.80. The normalized spacial score (nSPS) is 14.6. The number of hydrogen-bond donors (Lipinski definition) is 0. The van der Waals surface area contributed by atoms with Crippen molar-refractivity contribution < 1.29 is 14.2 Å². The Kier molecular flexibility index (Phi) is 5.78. The summed E-state index contributed by atoms with van der Waals surface area (Å²) in [6, 6.07) is 11.2. The van der Waals surface area contributed by atoms with Gasteiger partial charge in [0.1, 0.15) is 12.4 Å². The number of rotatable bonds is 6. The summed E-state index contributed by atoms with van der Waals surface area (Å²) in [7, 11) is 0. The third-order valence-corrected chi connectivity index (χ3v) is 4.32. The van der Waals surface area contributed by atoms with E-state index < -0.39 is 4.92 Å². The van der Waals surface area contributed by atoms with Crippen molar-refractivity contribution in [2.75, 3.05) is 18.0 Å². The van der Waals surface area contributed by atoms with Crippen molar-refractivity contribution in [2.45, 2.75) is 25.9 Å². The molecule has 0 radical (unpaired) electrons. The summed E-state index contributed by atoms with van der Waals surface area (Å²) in [4.78, 5) is 17.6. The number of piperidine rings is 1. The summed E-state index contributed by atoms with van der Waals surface area (Å²) in [6.07, 6.45) is 4.81. The van der Waals surface area contributed by atoms with E-state index in [0.717, 1.165) is 31.6 Å². The summed E-state index contributed by atoms with van der Waals surface area (Å²) in [6.45, 7) is 1.99. The molecule has 0 spiro atoms. The zero-order chi connectivity index (χ0) is 18.4. The molecule has 2 aromatic carbocycles. The van der Waals surface area contributed by atoms with E-state index in [9.17, 15) is 14.5 Å². The Bertz CT molecular complexity index is 804. The van der Waals surface area contributed by atoms with Crippen molar-refractivity contribution in [3.8, 4) is 0 Å². The lowest BCUT2D eigenvalue weighted by Gasteiger charge is -2.28. The molecule has 136 valence electrons. The molecule has 3 rings (SSSR count). The van der Waals surface area contributed by atoms with Crippen LogP contribution in [-0.4, -0.2) is 24.2 Å². The third kappa shape index (κ3) is 4.56. The van der Waals surface area contributed by atoms with Gasteiger partial charge in [-0.15, -0.1) is 0 Å². The minimum atomic E-state index is -0.466. The van der Waals surface area contributed by atoms with E-state index in [4.69, 9.17) is 4.84 Å². The highest BCUT2D eigenvalue weighted by Gasteiger charge is 2.12. The van der Waals surface area contributed by atoms with Gasteiger partial charge in [-0.3, -0.25) is 10.1 Å². The molecule has 0 aliphatic carbocycles. The third-order valence-electron chi connectivity index (χ3n) is 4.32. The highest BCUT2D eigenvalue weighted by atomic mass is 19.1. The van der Waals surface area contributed by atoms with E-state index in [0.29, 0.717) is 11.1 Å². The first kappa shape index (κ1) is 17.8. The lowest BCUT2D eigenvalue weighted by molar-refractivity contribution is -0.384. The molecule has 7 heteroatoms. The zero-order valence-corrected chi connectivity index (χ0v) is 14.3. The molecule has 26 heavy (non-hydrogen) atoms. The van der Waals surface area contributed by atoms with Crippen LogP contribution in [0.3, 0.4) is 0 Å². The van der Waals surface area contributed by atoms with Crippen molar-refractivity contribution in [2.24, 2.45) is 5.16 Å². The molecule has 1 fully saturated rings. The fourth-order valence-corrected chi connectivity index (χ4v) is 2.94. The molecule has 1 aliphatic rings. The maximum Gasteiger partial charge on any atom is 0.269 e. The van der Waals surface area contributed by atoms with Crippen molar-refractivity contribution in [3.63, 3.8) is 0 Å². The van der Waals surface area contributed by atoms with Crippen LogP contribution in [0, 0.1) is 15.9 Å². The summed E-state index contributed by atoms with van der Waals surface area (Å²) >= 11 is 0. The van der Waals surface area contributed by atoms with Crippen molar-refractivity contribution >= 4 is 17.6 Å². The Hall–Kier alpha value is -2.96. The van der Waals surface area contributed by atoms with Gasteiger partial charge in [0.25, 0.3) is 5.69 Å². The Labute approximate surface area is 151 Å². The number of anilines is 1. The molecule has 0 unspecified atom stereocenters.